The number of ether oxygens (including phenoxy) is 3. The summed E-state index contributed by atoms with van der Waals surface area (Å²) in [6, 6.07) is 10.9. The summed E-state index contributed by atoms with van der Waals surface area (Å²) in [5.41, 5.74) is 6.71. The predicted molar refractivity (Wildman–Crippen MR) is 97.8 cm³/mol. The van der Waals surface area contributed by atoms with Crippen LogP contribution in [0.1, 0.15) is 12.5 Å². The van der Waals surface area contributed by atoms with Gasteiger partial charge in [0.1, 0.15) is 19.0 Å². The molecule has 0 heterocycles. The van der Waals surface area contributed by atoms with Gasteiger partial charge in [-0.2, -0.15) is 0 Å². The maximum absolute atomic E-state index is 6.06. The van der Waals surface area contributed by atoms with Gasteiger partial charge in [-0.3, -0.25) is 0 Å². The first-order valence-corrected chi connectivity index (χ1v) is 8.56. The molecule has 0 radical (unpaired) electrons. The van der Waals surface area contributed by atoms with Gasteiger partial charge in [-0.05, 0) is 55.8 Å². The lowest BCUT2D eigenvalue weighted by Crippen LogP contribution is -2.10. The molecule has 2 aromatic carbocycles. The monoisotopic (exact) mass is 369 g/mol. The highest BCUT2D eigenvalue weighted by Gasteiger charge is 2.07. The van der Waals surface area contributed by atoms with Gasteiger partial charge in [0, 0.05) is 5.02 Å². The van der Waals surface area contributed by atoms with E-state index in [0.29, 0.717) is 53.7 Å². The molecule has 0 aliphatic carbocycles. The number of hydrogen-bond donors (Lipinski definition) is 1. The molecule has 0 aliphatic heterocycles. The normalized spacial score (nSPS) is 10.5. The number of halogens is 2. The summed E-state index contributed by atoms with van der Waals surface area (Å²) in [6.45, 7) is 3.83. The minimum Gasteiger partial charge on any atom is -0.490 e. The molecule has 0 fully saturated rings. The molecule has 24 heavy (non-hydrogen) atoms. The Kier molecular flexibility index (Phi) is 7.50. The Balaban J connectivity index is 1.91. The van der Waals surface area contributed by atoms with Gasteiger partial charge >= 0.3 is 0 Å². The van der Waals surface area contributed by atoms with Crippen LogP contribution in [0.2, 0.25) is 10.0 Å². The van der Waals surface area contributed by atoms with Gasteiger partial charge in [-0.1, -0.05) is 29.3 Å². The summed E-state index contributed by atoms with van der Waals surface area (Å²) in [4.78, 5) is 0. The van der Waals surface area contributed by atoms with Gasteiger partial charge in [0.2, 0.25) is 0 Å². The second-order valence-corrected chi connectivity index (χ2v) is 5.87. The Hall–Kier alpha value is -1.62. The van der Waals surface area contributed by atoms with E-state index in [2.05, 4.69) is 0 Å². The average Bonchev–Trinajstić information content (AvgIpc) is 2.55. The predicted octanol–water partition coefficient (Wildman–Crippen LogP) is 4.35. The highest BCUT2D eigenvalue weighted by atomic mass is 35.5. The van der Waals surface area contributed by atoms with Crippen molar-refractivity contribution in [1.29, 1.82) is 0 Å². The van der Waals surface area contributed by atoms with E-state index in [1.54, 1.807) is 18.2 Å². The van der Waals surface area contributed by atoms with E-state index in [0.717, 1.165) is 12.0 Å². The van der Waals surface area contributed by atoms with E-state index >= 15 is 0 Å². The first-order valence-electron chi connectivity index (χ1n) is 7.80. The van der Waals surface area contributed by atoms with Gasteiger partial charge in [0.15, 0.2) is 11.5 Å². The van der Waals surface area contributed by atoms with E-state index in [-0.39, 0.29) is 0 Å². The second-order valence-electron chi connectivity index (χ2n) is 5.02. The average molecular weight is 370 g/mol. The smallest absolute Gasteiger partial charge is 0.161 e. The number of benzene rings is 2. The molecule has 4 nitrogen and oxygen atoms in total. The first-order chi connectivity index (χ1) is 11.6. The SMILES string of the molecule is CCOc1cc(CCN)ccc1OCCOc1ccc(Cl)cc1Cl. The molecular formula is C18H21Cl2NO3. The molecule has 2 aromatic rings. The van der Waals surface area contributed by atoms with Crippen LogP contribution >= 0.6 is 23.2 Å². The maximum atomic E-state index is 6.06. The Morgan fingerprint density at radius 2 is 1.58 bits per heavy atom. The summed E-state index contributed by atoms with van der Waals surface area (Å²) in [7, 11) is 0. The quantitative estimate of drug-likeness (QED) is 0.667. The van der Waals surface area contributed by atoms with Crippen LogP contribution in [-0.2, 0) is 6.42 Å². The Labute approximate surface area is 152 Å². The molecule has 0 aromatic heterocycles. The Bertz CT molecular complexity index is 665. The van der Waals surface area contributed by atoms with Crippen molar-refractivity contribution in [1.82, 2.24) is 0 Å². The van der Waals surface area contributed by atoms with Crippen LogP contribution in [0.5, 0.6) is 17.2 Å². The van der Waals surface area contributed by atoms with E-state index in [1.165, 1.54) is 0 Å². The molecule has 0 bridgehead atoms. The zero-order valence-corrected chi connectivity index (χ0v) is 15.1. The summed E-state index contributed by atoms with van der Waals surface area (Å²) < 4.78 is 17.0. The van der Waals surface area contributed by atoms with Crippen LogP contribution in [0, 0.1) is 0 Å². The molecule has 0 spiro atoms. The zero-order chi connectivity index (χ0) is 17.4. The lowest BCUT2D eigenvalue weighted by molar-refractivity contribution is 0.208. The highest BCUT2D eigenvalue weighted by Crippen LogP contribution is 2.29. The van der Waals surface area contributed by atoms with Crippen LogP contribution in [-0.4, -0.2) is 26.4 Å². The molecule has 0 aliphatic rings. The lowest BCUT2D eigenvalue weighted by Gasteiger charge is -2.14. The van der Waals surface area contributed by atoms with Crippen molar-refractivity contribution in [2.45, 2.75) is 13.3 Å². The zero-order valence-electron chi connectivity index (χ0n) is 13.6. The Morgan fingerprint density at radius 1 is 0.875 bits per heavy atom. The third-order valence-corrected chi connectivity index (χ3v) is 3.76. The largest absolute Gasteiger partial charge is 0.490 e. The van der Waals surface area contributed by atoms with Crippen LogP contribution < -0.4 is 19.9 Å². The fraction of sp³-hybridized carbons (Fsp3) is 0.333. The highest BCUT2D eigenvalue weighted by molar-refractivity contribution is 6.35. The summed E-state index contributed by atoms with van der Waals surface area (Å²) in [5.74, 6) is 1.98. The van der Waals surface area contributed by atoms with Crippen LogP contribution in [0.15, 0.2) is 36.4 Å². The van der Waals surface area contributed by atoms with Gasteiger partial charge in [0.05, 0.1) is 11.6 Å². The van der Waals surface area contributed by atoms with E-state index in [1.807, 2.05) is 25.1 Å². The van der Waals surface area contributed by atoms with Crippen molar-refractivity contribution in [3.05, 3.63) is 52.0 Å². The standard InChI is InChI=1S/C18H21Cl2NO3/c1-2-22-18-11-13(7-8-21)3-5-17(18)24-10-9-23-16-6-4-14(19)12-15(16)20/h3-6,11-12H,2,7-10,21H2,1H3. The second kappa shape index (κ2) is 9.62. The number of rotatable bonds is 9. The molecule has 0 saturated heterocycles. The van der Waals surface area contributed by atoms with Crippen molar-refractivity contribution >= 4 is 23.2 Å². The molecule has 130 valence electrons. The van der Waals surface area contributed by atoms with Crippen LogP contribution in [0.4, 0.5) is 0 Å². The van der Waals surface area contributed by atoms with E-state index in [4.69, 9.17) is 43.1 Å². The third-order valence-electron chi connectivity index (χ3n) is 3.23. The fourth-order valence-corrected chi connectivity index (χ4v) is 2.62. The van der Waals surface area contributed by atoms with Gasteiger partial charge < -0.3 is 19.9 Å². The molecule has 6 heteroatoms. The minimum atomic E-state index is 0.359. The van der Waals surface area contributed by atoms with Gasteiger partial charge in [-0.25, -0.2) is 0 Å². The van der Waals surface area contributed by atoms with Crippen LogP contribution in [0.3, 0.4) is 0 Å². The van der Waals surface area contributed by atoms with Crippen LogP contribution in [0.25, 0.3) is 0 Å². The molecule has 0 unspecified atom stereocenters. The van der Waals surface area contributed by atoms with Crippen molar-refractivity contribution in [2.24, 2.45) is 5.73 Å². The molecule has 2 N–H and O–H groups in total. The van der Waals surface area contributed by atoms with E-state index in [9.17, 15) is 0 Å². The van der Waals surface area contributed by atoms with Crippen molar-refractivity contribution in [3.8, 4) is 17.2 Å². The topological polar surface area (TPSA) is 53.7 Å². The maximum Gasteiger partial charge on any atom is 0.161 e. The summed E-state index contributed by atoms with van der Waals surface area (Å²) in [6.07, 6.45) is 0.804. The third kappa shape index (κ3) is 5.48. The van der Waals surface area contributed by atoms with Crippen molar-refractivity contribution < 1.29 is 14.2 Å². The minimum absolute atomic E-state index is 0.359. The Morgan fingerprint density at radius 3 is 2.25 bits per heavy atom. The summed E-state index contributed by atoms with van der Waals surface area (Å²) in [5, 5.41) is 1.05. The lowest BCUT2D eigenvalue weighted by atomic mass is 10.1. The fourth-order valence-electron chi connectivity index (χ4n) is 2.16. The van der Waals surface area contributed by atoms with Crippen molar-refractivity contribution in [3.63, 3.8) is 0 Å². The molecule has 0 atom stereocenters. The molecule has 2 rings (SSSR count). The molecule has 0 amide bonds. The number of hydrogen-bond acceptors (Lipinski definition) is 4. The first kappa shape index (κ1) is 18.7. The number of nitrogens with two attached hydrogens (primary N) is 1. The van der Waals surface area contributed by atoms with Gasteiger partial charge in [0.25, 0.3) is 0 Å². The molecular weight excluding hydrogens is 349 g/mol. The summed E-state index contributed by atoms with van der Waals surface area (Å²) >= 11 is 11.9. The van der Waals surface area contributed by atoms with Crippen molar-refractivity contribution in [2.75, 3.05) is 26.4 Å². The molecule has 0 saturated carbocycles. The van der Waals surface area contributed by atoms with Gasteiger partial charge in [-0.15, -0.1) is 0 Å². The van der Waals surface area contributed by atoms with E-state index < -0.39 is 0 Å².